The molecule has 4 rings (SSSR count). The Morgan fingerprint density at radius 2 is 2.09 bits per heavy atom. The molecule has 7 nitrogen and oxygen atoms in total. The van der Waals surface area contributed by atoms with Crippen LogP contribution in [0.25, 0.3) is 16.8 Å². The van der Waals surface area contributed by atoms with Crippen LogP contribution in [0.2, 0.25) is 0 Å². The Bertz CT molecular complexity index is 939. The number of anilines is 1. The fourth-order valence-corrected chi connectivity index (χ4v) is 2.43. The van der Waals surface area contributed by atoms with Crippen LogP contribution in [0.5, 0.6) is 0 Å². The zero-order valence-electron chi connectivity index (χ0n) is 12.6. The molecular formula is C16H15N7. The van der Waals surface area contributed by atoms with Crippen molar-refractivity contribution in [2.45, 2.75) is 6.54 Å². The standard InChI is InChI=1S/C16H15N7/c1-22-11-13(9-19-22)14-10-20-23-6-4-15(21-16(14)23)18-8-12-3-2-5-17-7-12/h2-7,9-11H,8H2,1H3,(H,18,21). The molecule has 0 aliphatic carbocycles. The predicted molar refractivity (Wildman–Crippen MR) is 86.8 cm³/mol. The molecule has 4 aromatic heterocycles. The fraction of sp³-hybridized carbons (Fsp3) is 0.125. The van der Waals surface area contributed by atoms with E-state index >= 15 is 0 Å². The molecule has 0 aliphatic rings. The third-order valence-electron chi connectivity index (χ3n) is 3.58. The van der Waals surface area contributed by atoms with Gasteiger partial charge in [0.05, 0.1) is 12.4 Å². The van der Waals surface area contributed by atoms with E-state index in [1.165, 1.54) is 0 Å². The number of rotatable bonds is 4. The van der Waals surface area contributed by atoms with Crippen molar-refractivity contribution in [3.63, 3.8) is 0 Å². The van der Waals surface area contributed by atoms with Crippen molar-refractivity contribution in [2.24, 2.45) is 7.05 Å². The monoisotopic (exact) mass is 305 g/mol. The summed E-state index contributed by atoms with van der Waals surface area (Å²) in [4.78, 5) is 8.78. The summed E-state index contributed by atoms with van der Waals surface area (Å²) in [5.74, 6) is 0.798. The average Bonchev–Trinajstić information content (AvgIpc) is 3.19. The second kappa shape index (κ2) is 5.53. The largest absolute Gasteiger partial charge is 0.366 e. The Labute approximate surface area is 132 Å². The van der Waals surface area contributed by atoms with Crippen LogP contribution in [-0.4, -0.2) is 29.4 Å². The van der Waals surface area contributed by atoms with Gasteiger partial charge in [0.2, 0.25) is 0 Å². The lowest BCUT2D eigenvalue weighted by atomic mass is 10.2. The summed E-state index contributed by atoms with van der Waals surface area (Å²) in [6.45, 7) is 0.674. The van der Waals surface area contributed by atoms with Crippen LogP contribution in [0.4, 0.5) is 5.82 Å². The number of pyridine rings is 1. The summed E-state index contributed by atoms with van der Waals surface area (Å²) in [6.07, 6.45) is 11.1. The Kier molecular flexibility index (Phi) is 3.23. The third kappa shape index (κ3) is 2.64. The highest BCUT2D eigenvalue weighted by Gasteiger charge is 2.10. The summed E-state index contributed by atoms with van der Waals surface area (Å²) in [7, 11) is 1.89. The average molecular weight is 305 g/mol. The maximum Gasteiger partial charge on any atom is 0.165 e. The lowest BCUT2D eigenvalue weighted by Crippen LogP contribution is -2.03. The zero-order chi connectivity index (χ0) is 15.6. The van der Waals surface area contributed by atoms with Gasteiger partial charge in [0.1, 0.15) is 5.82 Å². The van der Waals surface area contributed by atoms with Crippen LogP contribution in [0.1, 0.15) is 5.56 Å². The molecule has 114 valence electrons. The minimum Gasteiger partial charge on any atom is -0.366 e. The number of hydrogen-bond donors (Lipinski definition) is 1. The molecule has 0 aliphatic heterocycles. The van der Waals surface area contributed by atoms with Gasteiger partial charge >= 0.3 is 0 Å². The molecule has 4 heterocycles. The van der Waals surface area contributed by atoms with Gasteiger partial charge < -0.3 is 5.32 Å². The first-order chi connectivity index (χ1) is 11.3. The molecular weight excluding hydrogens is 290 g/mol. The van der Waals surface area contributed by atoms with Gasteiger partial charge in [0.15, 0.2) is 5.65 Å². The quantitative estimate of drug-likeness (QED) is 0.625. The van der Waals surface area contributed by atoms with Crippen molar-refractivity contribution in [3.05, 3.63) is 60.9 Å². The van der Waals surface area contributed by atoms with Crippen molar-refractivity contribution in [1.29, 1.82) is 0 Å². The normalized spacial score (nSPS) is 11.0. The molecule has 0 radical (unpaired) electrons. The Morgan fingerprint density at radius 3 is 2.87 bits per heavy atom. The highest BCUT2D eigenvalue weighted by atomic mass is 15.3. The SMILES string of the molecule is Cn1cc(-c2cnn3ccc(NCc4cccnc4)nc23)cn1. The first-order valence-corrected chi connectivity index (χ1v) is 7.26. The molecule has 1 N–H and O–H groups in total. The van der Waals surface area contributed by atoms with Crippen molar-refractivity contribution in [1.82, 2.24) is 29.4 Å². The summed E-state index contributed by atoms with van der Waals surface area (Å²) in [5.41, 5.74) is 3.87. The summed E-state index contributed by atoms with van der Waals surface area (Å²) in [5, 5.41) is 11.9. The highest BCUT2D eigenvalue weighted by Crippen LogP contribution is 2.23. The Balaban J connectivity index is 1.64. The maximum atomic E-state index is 4.67. The van der Waals surface area contributed by atoms with Crippen LogP contribution < -0.4 is 5.32 Å². The van der Waals surface area contributed by atoms with E-state index < -0.39 is 0 Å². The van der Waals surface area contributed by atoms with E-state index in [4.69, 9.17) is 0 Å². The van der Waals surface area contributed by atoms with Crippen LogP contribution in [0.3, 0.4) is 0 Å². The van der Waals surface area contributed by atoms with E-state index in [1.807, 2.05) is 56.2 Å². The second-order valence-electron chi connectivity index (χ2n) is 5.26. The first-order valence-electron chi connectivity index (χ1n) is 7.26. The Morgan fingerprint density at radius 1 is 1.13 bits per heavy atom. The highest BCUT2D eigenvalue weighted by molar-refractivity contribution is 5.76. The minimum atomic E-state index is 0.674. The summed E-state index contributed by atoms with van der Waals surface area (Å²) < 4.78 is 3.53. The van der Waals surface area contributed by atoms with Crippen LogP contribution in [-0.2, 0) is 13.6 Å². The van der Waals surface area contributed by atoms with Gasteiger partial charge in [-0.3, -0.25) is 9.67 Å². The number of fused-ring (bicyclic) bond motifs is 1. The van der Waals surface area contributed by atoms with E-state index in [0.717, 1.165) is 28.2 Å². The van der Waals surface area contributed by atoms with Crippen molar-refractivity contribution in [2.75, 3.05) is 5.32 Å². The molecule has 0 saturated carbocycles. The van der Waals surface area contributed by atoms with Crippen molar-refractivity contribution >= 4 is 11.5 Å². The molecule has 0 unspecified atom stereocenters. The topological polar surface area (TPSA) is 72.9 Å². The number of hydrogen-bond acceptors (Lipinski definition) is 5. The van der Waals surface area contributed by atoms with Gasteiger partial charge in [0, 0.05) is 49.5 Å². The molecule has 0 bridgehead atoms. The summed E-state index contributed by atoms with van der Waals surface area (Å²) >= 11 is 0. The molecule has 0 saturated heterocycles. The van der Waals surface area contributed by atoms with Gasteiger partial charge in [-0.2, -0.15) is 10.2 Å². The molecule has 4 aromatic rings. The van der Waals surface area contributed by atoms with E-state index in [0.29, 0.717) is 6.54 Å². The van der Waals surface area contributed by atoms with E-state index in [9.17, 15) is 0 Å². The second-order valence-corrected chi connectivity index (χ2v) is 5.26. The van der Waals surface area contributed by atoms with E-state index in [1.54, 1.807) is 15.4 Å². The minimum absolute atomic E-state index is 0.674. The molecule has 0 aromatic carbocycles. The molecule has 7 heteroatoms. The van der Waals surface area contributed by atoms with Crippen LogP contribution in [0, 0.1) is 0 Å². The number of aryl methyl sites for hydroxylation is 1. The van der Waals surface area contributed by atoms with Gasteiger partial charge in [-0.1, -0.05) is 6.07 Å². The molecule has 23 heavy (non-hydrogen) atoms. The van der Waals surface area contributed by atoms with Crippen LogP contribution >= 0.6 is 0 Å². The predicted octanol–water partition coefficient (Wildman–Crippen LogP) is 2.14. The maximum absolute atomic E-state index is 4.67. The molecule has 0 fully saturated rings. The van der Waals surface area contributed by atoms with Gasteiger partial charge in [0.25, 0.3) is 0 Å². The fourth-order valence-electron chi connectivity index (χ4n) is 2.43. The molecule has 0 atom stereocenters. The lowest BCUT2D eigenvalue weighted by molar-refractivity contribution is 0.768. The van der Waals surface area contributed by atoms with E-state index in [2.05, 4.69) is 25.5 Å². The zero-order valence-corrected chi connectivity index (χ0v) is 12.6. The number of nitrogens with zero attached hydrogens (tertiary/aromatic N) is 6. The number of aromatic nitrogens is 6. The first kappa shape index (κ1) is 13.4. The Hall–Kier alpha value is -3.22. The smallest absolute Gasteiger partial charge is 0.165 e. The van der Waals surface area contributed by atoms with Gasteiger partial charge in [-0.05, 0) is 17.7 Å². The van der Waals surface area contributed by atoms with Gasteiger partial charge in [-0.15, -0.1) is 0 Å². The van der Waals surface area contributed by atoms with Crippen LogP contribution in [0.15, 0.2) is 55.4 Å². The number of nitrogens with one attached hydrogen (secondary N) is 1. The van der Waals surface area contributed by atoms with Crippen molar-refractivity contribution < 1.29 is 0 Å². The van der Waals surface area contributed by atoms with E-state index in [-0.39, 0.29) is 0 Å². The molecule has 0 amide bonds. The lowest BCUT2D eigenvalue weighted by Gasteiger charge is -2.06. The third-order valence-corrected chi connectivity index (χ3v) is 3.58. The van der Waals surface area contributed by atoms with Gasteiger partial charge in [-0.25, -0.2) is 9.50 Å². The summed E-state index contributed by atoms with van der Waals surface area (Å²) in [6, 6.07) is 5.85. The van der Waals surface area contributed by atoms with Crippen molar-refractivity contribution in [3.8, 4) is 11.1 Å². The molecule has 0 spiro atoms.